The van der Waals surface area contributed by atoms with E-state index in [9.17, 15) is 0 Å². The van der Waals surface area contributed by atoms with Crippen LogP contribution in [0, 0.1) is 0 Å². The van der Waals surface area contributed by atoms with Gasteiger partial charge in [0.1, 0.15) is 0 Å². The van der Waals surface area contributed by atoms with E-state index in [1.165, 1.54) is 5.56 Å². The number of hydrogen-bond acceptors (Lipinski definition) is 2. The molecule has 0 aliphatic carbocycles. The monoisotopic (exact) mass is 337 g/mol. The molecule has 0 radical (unpaired) electrons. The van der Waals surface area contributed by atoms with E-state index >= 15 is 0 Å². The van der Waals surface area contributed by atoms with Gasteiger partial charge in [0.15, 0.2) is 0 Å². The molecule has 126 valence electrons. The lowest BCUT2D eigenvalue weighted by Gasteiger charge is -2.01. The molecule has 3 aromatic heterocycles. The van der Waals surface area contributed by atoms with Crippen molar-refractivity contribution in [2.75, 3.05) is 0 Å². The predicted molar refractivity (Wildman–Crippen MR) is 107 cm³/mol. The van der Waals surface area contributed by atoms with E-state index in [-0.39, 0.29) is 0 Å². The molecule has 26 heavy (non-hydrogen) atoms. The second-order valence-corrected chi connectivity index (χ2v) is 6.06. The van der Waals surface area contributed by atoms with Crippen LogP contribution in [0.15, 0.2) is 104 Å². The molecular weight excluding hydrogens is 318 g/mol. The van der Waals surface area contributed by atoms with Gasteiger partial charge in [0.05, 0.1) is 11.0 Å². The van der Waals surface area contributed by atoms with Gasteiger partial charge >= 0.3 is 0 Å². The molecule has 0 N–H and O–H groups in total. The Kier molecular flexibility index (Phi) is 4.70. The Bertz CT molecular complexity index is 1050. The van der Waals surface area contributed by atoms with Crippen LogP contribution < -0.4 is 0 Å². The summed E-state index contributed by atoms with van der Waals surface area (Å²) in [6, 6.07) is 26.7. The van der Waals surface area contributed by atoms with Crippen LogP contribution >= 0.6 is 0 Å². The zero-order valence-electron chi connectivity index (χ0n) is 14.4. The minimum atomic E-state index is 0.966. The Hall–Kier alpha value is -3.46. The van der Waals surface area contributed by atoms with Crippen LogP contribution in [0.3, 0.4) is 0 Å². The summed E-state index contributed by atoms with van der Waals surface area (Å²) in [5.74, 6) is 0. The lowest BCUT2D eigenvalue weighted by Crippen LogP contribution is -1.94. The number of nitrogens with zero attached hydrogens (tertiary/aromatic N) is 3. The van der Waals surface area contributed by atoms with Crippen LogP contribution in [-0.2, 0) is 6.54 Å². The van der Waals surface area contributed by atoms with Crippen molar-refractivity contribution in [2.24, 2.45) is 0 Å². The molecule has 0 fully saturated rings. The average molecular weight is 337 g/mol. The molecule has 3 nitrogen and oxygen atoms in total. The summed E-state index contributed by atoms with van der Waals surface area (Å²) in [6.07, 6.45) is 7.76. The maximum atomic E-state index is 4.35. The first kappa shape index (κ1) is 16.0. The van der Waals surface area contributed by atoms with Gasteiger partial charge in [0.2, 0.25) is 0 Å². The van der Waals surface area contributed by atoms with Gasteiger partial charge in [0.25, 0.3) is 0 Å². The molecule has 0 unspecified atom stereocenters. The van der Waals surface area contributed by atoms with Crippen molar-refractivity contribution < 1.29 is 0 Å². The normalized spacial score (nSPS) is 10.5. The number of pyridine rings is 2. The summed E-state index contributed by atoms with van der Waals surface area (Å²) >= 11 is 0. The van der Waals surface area contributed by atoms with Crippen molar-refractivity contribution in [3.05, 3.63) is 109 Å². The van der Waals surface area contributed by atoms with Gasteiger partial charge in [-0.25, -0.2) is 0 Å². The minimum Gasteiger partial charge on any atom is -0.350 e. The third-order valence-electron chi connectivity index (χ3n) is 4.22. The summed E-state index contributed by atoms with van der Waals surface area (Å²) in [7, 11) is 0. The van der Waals surface area contributed by atoms with E-state index in [1.54, 1.807) is 12.4 Å². The Morgan fingerprint density at radius 3 is 1.73 bits per heavy atom. The molecule has 5 rings (SSSR count). The topological polar surface area (TPSA) is 30.7 Å². The molecule has 0 aliphatic heterocycles. The highest BCUT2D eigenvalue weighted by molar-refractivity contribution is 6.02. The zero-order valence-corrected chi connectivity index (χ0v) is 14.4. The van der Waals surface area contributed by atoms with Gasteiger partial charge in [-0.3, -0.25) is 9.97 Å². The van der Waals surface area contributed by atoms with Crippen LogP contribution in [0.2, 0.25) is 0 Å². The van der Waals surface area contributed by atoms with Gasteiger partial charge < -0.3 is 4.57 Å². The number of fused-ring (bicyclic) bond motifs is 3. The van der Waals surface area contributed by atoms with E-state index in [0.29, 0.717) is 0 Å². The van der Waals surface area contributed by atoms with E-state index in [2.05, 4.69) is 75.5 Å². The Morgan fingerprint density at radius 1 is 0.577 bits per heavy atom. The van der Waals surface area contributed by atoms with Crippen molar-refractivity contribution in [3.8, 4) is 0 Å². The standard InChI is InChI=1S/C12H8N2.C11H11N/c1-3-9-5-6-10-4-2-8-14-12(10)11(9)13-7-1;1-2-6-11(7-3-1)10-12-8-4-5-9-12/h1-8H;1-9H,10H2. The first-order valence-corrected chi connectivity index (χ1v) is 8.63. The molecular formula is C23H19N3. The van der Waals surface area contributed by atoms with Gasteiger partial charge in [-0.2, -0.15) is 0 Å². The molecule has 5 aromatic rings. The minimum absolute atomic E-state index is 0.966. The maximum Gasteiger partial charge on any atom is 0.0964 e. The summed E-state index contributed by atoms with van der Waals surface area (Å²) in [4.78, 5) is 8.69. The zero-order chi connectivity index (χ0) is 17.6. The molecule has 0 atom stereocenters. The van der Waals surface area contributed by atoms with Crippen molar-refractivity contribution in [3.63, 3.8) is 0 Å². The highest BCUT2D eigenvalue weighted by Crippen LogP contribution is 2.20. The van der Waals surface area contributed by atoms with Crippen LogP contribution in [0.1, 0.15) is 5.56 Å². The fourth-order valence-electron chi connectivity index (χ4n) is 2.95. The fourth-order valence-corrected chi connectivity index (χ4v) is 2.95. The maximum absolute atomic E-state index is 4.35. The van der Waals surface area contributed by atoms with Crippen LogP contribution in [0.25, 0.3) is 21.8 Å². The SMILES string of the molecule is c1ccc(Cn2cccc2)cc1.c1cnc2c(c1)ccc1cccnc12. The number of rotatable bonds is 2. The largest absolute Gasteiger partial charge is 0.350 e. The van der Waals surface area contributed by atoms with E-state index in [0.717, 1.165) is 28.4 Å². The van der Waals surface area contributed by atoms with E-state index < -0.39 is 0 Å². The van der Waals surface area contributed by atoms with Crippen molar-refractivity contribution in [1.29, 1.82) is 0 Å². The molecule has 0 spiro atoms. The molecule has 0 saturated carbocycles. The molecule has 0 aliphatic rings. The second-order valence-electron chi connectivity index (χ2n) is 6.06. The van der Waals surface area contributed by atoms with Gasteiger partial charge in [-0.15, -0.1) is 0 Å². The van der Waals surface area contributed by atoms with E-state index in [1.807, 2.05) is 30.3 Å². The third kappa shape index (κ3) is 3.62. The van der Waals surface area contributed by atoms with E-state index in [4.69, 9.17) is 0 Å². The number of aromatic nitrogens is 3. The van der Waals surface area contributed by atoms with Crippen molar-refractivity contribution in [2.45, 2.75) is 6.54 Å². The molecule has 0 amide bonds. The predicted octanol–water partition coefficient (Wildman–Crippen LogP) is 5.32. The second kappa shape index (κ2) is 7.62. The molecule has 0 bridgehead atoms. The Labute approximate surface area is 152 Å². The van der Waals surface area contributed by atoms with Crippen molar-refractivity contribution >= 4 is 21.8 Å². The number of hydrogen-bond donors (Lipinski definition) is 0. The van der Waals surface area contributed by atoms with Crippen molar-refractivity contribution in [1.82, 2.24) is 14.5 Å². The summed E-state index contributed by atoms with van der Waals surface area (Å²) < 4.78 is 2.16. The summed E-state index contributed by atoms with van der Waals surface area (Å²) in [6.45, 7) is 0.966. The third-order valence-corrected chi connectivity index (χ3v) is 4.22. The molecule has 3 heteroatoms. The molecule has 2 aromatic carbocycles. The van der Waals surface area contributed by atoms with Gasteiger partial charge in [-0.1, -0.05) is 54.6 Å². The number of benzene rings is 2. The quantitative estimate of drug-likeness (QED) is 0.408. The first-order chi connectivity index (χ1) is 12.9. The lowest BCUT2D eigenvalue weighted by atomic mass is 10.1. The molecule has 3 heterocycles. The van der Waals surface area contributed by atoms with Crippen LogP contribution in [0.5, 0.6) is 0 Å². The first-order valence-electron chi connectivity index (χ1n) is 8.63. The Morgan fingerprint density at radius 2 is 1.15 bits per heavy atom. The highest BCUT2D eigenvalue weighted by atomic mass is 14.9. The fraction of sp³-hybridized carbons (Fsp3) is 0.0435. The van der Waals surface area contributed by atoms with Gasteiger partial charge in [-0.05, 0) is 29.8 Å². The average Bonchev–Trinajstić information content (AvgIpc) is 3.22. The van der Waals surface area contributed by atoms with Crippen LogP contribution in [0.4, 0.5) is 0 Å². The molecule has 0 saturated heterocycles. The lowest BCUT2D eigenvalue weighted by molar-refractivity contribution is 0.806. The summed E-state index contributed by atoms with van der Waals surface area (Å²) in [5, 5.41) is 2.28. The van der Waals surface area contributed by atoms with Gasteiger partial charge in [0, 0.05) is 42.1 Å². The smallest absolute Gasteiger partial charge is 0.0964 e. The highest BCUT2D eigenvalue weighted by Gasteiger charge is 2.00. The van der Waals surface area contributed by atoms with Crippen LogP contribution in [-0.4, -0.2) is 14.5 Å². The summed E-state index contributed by atoms with van der Waals surface area (Å²) in [5.41, 5.74) is 3.30. The Balaban J connectivity index is 0.000000131.